The van der Waals surface area contributed by atoms with Crippen LogP contribution in [0.4, 0.5) is 35.9 Å². The summed E-state index contributed by atoms with van der Waals surface area (Å²) in [5, 5.41) is 4.41. The normalized spacial score (nSPS) is 13.8. The van der Waals surface area contributed by atoms with E-state index in [1.54, 1.807) is 12.3 Å². The van der Waals surface area contributed by atoms with Crippen LogP contribution in [0.15, 0.2) is 215 Å². The summed E-state index contributed by atoms with van der Waals surface area (Å²) in [6.07, 6.45) is 1.95. The molecule has 69 heavy (non-hydrogen) atoms. The fourth-order valence-corrected chi connectivity index (χ4v) is 16.4. The molecule has 0 aromatic heterocycles. The molecule has 8 aromatic rings. The molecule has 3 heterocycles. The molecule has 0 radical (unpaired) electrons. The molecule has 0 atom stereocenters. The summed E-state index contributed by atoms with van der Waals surface area (Å²) >= 11 is 5.03. The van der Waals surface area contributed by atoms with E-state index in [9.17, 15) is 13.2 Å². The number of alkyl halides is 3. The minimum Gasteiger partial charge on any atom is -0.238 e. The van der Waals surface area contributed by atoms with E-state index < -0.39 is 19.8 Å². The van der Waals surface area contributed by atoms with Crippen LogP contribution in [0.3, 0.4) is 0 Å². The van der Waals surface area contributed by atoms with Gasteiger partial charge in [0.1, 0.15) is 8.07 Å². The molecule has 0 fully saturated rings. The highest BCUT2D eigenvalue weighted by molar-refractivity contribution is 7.99. The zero-order valence-electron chi connectivity index (χ0n) is 38.1. The van der Waals surface area contributed by atoms with Crippen molar-refractivity contribution in [3.8, 4) is 0 Å². The lowest BCUT2D eigenvalue weighted by Gasteiger charge is -2.32. The number of thioether (sulfide) groups is 3. The third-order valence-electron chi connectivity index (χ3n) is 12.3. The molecule has 0 unspecified atom stereocenters. The van der Waals surface area contributed by atoms with Gasteiger partial charge in [0.15, 0.2) is 47.6 Å². The van der Waals surface area contributed by atoms with Crippen molar-refractivity contribution in [3.05, 3.63) is 239 Å². The molecule has 0 spiro atoms. The van der Waals surface area contributed by atoms with E-state index in [4.69, 9.17) is 6.57 Å². The molecular formula is C58H48F3N4S3Si+3. The summed E-state index contributed by atoms with van der Waals surface area (Å²) in [5.74, 6) is 2.30. The summed E-state index contributed by atoms with van der Waals surface area (Å²) in [6.45, 7) is 11.7. The highest BCUT2D eigenvalue weighted by Gasteiger charge is 2.38. The number of fused-ring (bicyclic) bond motifs is 3. The van der Waals surface area contributed by atoms with Gasteiger partial charge in [0.05, 0.1) is 28.8 Å². The lowest BCUT2D eigenvalue weighted by molar-refractivity contribution is -0.411. The Kier molecular flexibility index (Phi) is 14.6. The number of aryl methyl sites for hydroxylation is 1. The van der Waals surface area contributed by atoms with Crippen LogP contribution in [-0.4, -0.2) is 58.1 Å². The van der Waals surface area contributed by atoms with Gasteiger partial charge in [0.25, 0.3) is 0 Å². The first kappa shape index (κ1) is 47.4. The Morgan fingerprint density at radius 2 is 0.899 bits per heavy atom. The average Bonchev–Trinajstić information content (AvgIpc) is 3.41. The van der Waals surface area contributed by atoms with Crippen molar-refractivity contribution in [1.82, 2.24) is 0 Å². The summed E-state index contributed by atoms with van der Waals surface area (Å²) in [6, 6.07) is 67.7. The maximum Gasteiger partial charge on any atom is 0.417 e. The van der Waals surface area contributed by atoms with Crippen molar-refractivity contribution >= 4 is 100 Å². The van der Waals surface area contributed by atoms with Crippen LogP contribution in [0, 0.1) is 13.5 Å². The molecule has 0 amide bonds. The highest BCUT2D eigenvalue weighted by atomic mass is 32.2. The zero-order valence-corrected chi connectivity index (χ0v) is 41.5. The van der Waals surface area contributed by atoms with Gasteiger partial charge in [-0.1, -0.05) is 181 Å². The van der Waals surface area contributed by atoms with Gasteiger partial charge >= 0.3 is 6.18 Å². The summed E-state index contributed by atoms with van der Waals surface area (Å²) in [5.41, 5.74) is 7.94. The van der Waals surface area contributed by atoms with E-state index in [1.165, 1.54) is 65.6 Å². The number of benzene rings is 8. The molecule has 3 aliphatic rings. The van der Waals surface area contributed by atoms with Gasteiger partial charge in [-0.15, -0.1) is 0 Å². The third kappa shape index (κ3) is 10.7. The van der Waals surface area contributed by atoms with Crippen LogP contribution < -0.4 is 15.6 Å². The molecule has 0 bridgehead atoms. The van der Waals surface area contributed by atoms with Gasteiger partial charge < -0.3 is 0 Å². The number of hydrogen-bond donors (Lipinski definition) is 0. The summed E-state index contributed by atoms with van der Waals surface area (Å²) in [4.78, 5) is 6.60. The standard InChI is InChI=1S/C27H24NSSi.C16H13N2S.C15H11F3NS/c1-30(24-15-7-3-8-16-24,25-17-9-4-10-18-25)26-19-11-12-22-20-28(21-29-27(22)26)23-13-5-2-6-14-23;1-12-5-3-6-13-10-18(11-19-16(12)13)15-8-4-7-14(9-15)17-2;16-15(17,18)13-8-4-5-11-9-19(10-20-14(11)13)12-6-2-1-3-7-12/h2-20H,21H2,1H3;3-10H,11H2,1H3;1-9H,10H2/q3*+1. The molecule has 3 aliphatic heterocycles. The van der Waals surface area contributed by atoms with Crippen molar-refractivity contribution in [3.63, 3.8) is 0 Å². The smallest absolute Gasteiger partial charge is 0.238 e. The second kappa shape index (κ2) is 21.3. The molecule has 0 N–H and O–H groups in total. The van der Waals surface area contributed by atoms with Crippen LogP contribution in [0.2, 0.25) is 6.55 Å². The zero-order chi connectivity index (χ0) is 47.8. The van der Waals surface area contributed by atoms with Gasteiger partial charge in [-0.2, -0.15) is 26.9 Å². The predicted molar refractivity (Wildman–Crippen MR) is 285 cm³/mol. The monoisotopic (exact) mass is 981 g/mol. The van der Waals surface area contributed by atoms with Crippen molar-refractivity contribution in [1.29, 1.82) is 0 Å². The Hall–Kier alpha value is -6.68. The molecule has 340 valence electrons. The van der Waals surface area contributed by atoms with E-state index in [-0.39, 0.29) is 0 Å². The van der Waals surface area contributed by atoms with Crippen LogP contribution in [0.1, 0.15) is 27.8 Å². The second-order valence-corrected chi connectivity index (χ2v) is 23.5. The Morgan fingerprint density at radius 3 is 1.43 bits per heavy atom. The molecule has 11 heteroatoms. The minimum atomic E-state index is -4.30. The fourth-order valence-electron chi connectivity index (χ4n) is 8.69. The van der Waals surface area contributed by atoms with E-state index in [2.05, 4.69) is 167 Å². The SMILES string of the molecule is C[Si](c1ccccc1)(c1ccccc1)c1cccc2c1SC[N+](c1ccccc1)=C2.FC(F)(F)c1cccc2c1SC[N+](c1ccccc1)=C2.[C-]#[N+]c1cccc([N+]2=Cc3cccc(C)c3SC2)c1. The molecule has 0 saturated carbocycles. The van der Waals surface area contributed by atoms with Gasteiger partial charge in [-0.05, 0) is 52.3 Å². The van der Waals surface area contributed by atoms with E-state index >= 15 is 0 Å². The molecular weight excluding hydrogens is 934 g/mol. The number of rotatable bonds is 6. The third-order valence-corrected chi connectivity index (χ3v) is 20.5. The van der Waals surface area contributed by atoms with Crippen LogP contribution in [0.25, 0.3) is 4.85 Å². The van der Waals surface area contributed by atoms with Gasteiger partial charge in [-0.25, -0.2) is 4.85 Å². The number of hydrogen-bond acceptors (Lipinski definition) is 3. The van der Waals surface area contributed by atoms with Crippen LogP contribution in [0.5, 0.6) is 0 Å². The maximum atomic E-state index is 13.0. The summed E-state index contributed by atoms with van der Waals surface area (Å²) in [7, 11) is -2.12. The lowest BCUT2D eigenvalue weighted by Crippen LogP contribution is -2.65. The molecule has 8 aromatic carbocycles. The van der Waals surface area contributed by atoms with Gasteiger partial charge in [-0.3, -0.25) is 0 Å². The Morgan fingerprint density at radius 1 is 0.478 bits per heavy atom. The van der Waals surface area contributed by atoms with E-state index in [0.29, 0.717) is 22.0 Å². The topological polar surface area (TPSA) is 13.4 Å². The predicted octanol–water partition coefficient (Wildman–Crippen LogP) is 13.5. The van der Waals surface area contributed by atoms with Crippen LogP contribution in [-0.2, 0) is 6.18 Å². The summed E-state index contributed by atoms with van der Waals surface area (Å²) < 4.78 is 45.4. The first-order valence-corrected chi connectivity index (χ1v) is 27.9. The maximum absolute atomic E-state index is 13.0. The van der Waals surface area contributed by atoms with E-state index in [1.807, 2.05) is 82.7 Å². The number of nitrogens with zero attached hydrogens (tertiary/aromatic N) is 4. The molecule has 0 aliphatic carbocycles. The second-order valence-electron chi connectivity index (χ2n) is 16.7. The van der Waals surface area contributed by atoms with Crippen molar-refractivity contribution in [2.24, 2.45) is 0 Å². The Balaban J connectivity index is 0.000000134. The first-order valence-electron chi connectivity index (χ1n) is 22.4. The lowest BCUT2D eigenvalue weighted by atomic mass is 10.1. The van der Waals surface area contributed by atoms with Gasteiger partial charge in [0.2, 0.25) is 11.4 Å². The highest BCUT2D eigenvalue weighted by Crippen LogP contribution is 2.40. The molecule has 4 nitrogen and oxygen atoms in total. The van der Waals surface area contributed by atoms with E-state index in [0.717, 1.165) is 29.2 Å². The largest absolute Gasteiger partial charge is 0.417 e. The fraction of sp³-hybridized carbons (Fsp3) is 0.103. The average molecular weight is 982 g/mol. The van der Waals surface area contributed by atoms with Crippen molar-refractivity contribution in [2.45, 2.75) is 34.3 Å². The Labute approximate surface area is 416 Å². The first-order chi connectivity index (χ1) is 33.6. The Bertz CT molecular complexity index is 3210. The minimum absolute atomic E-state index is 0.312. The number of para-hydroxylation sites is 2. The van der Waals surface area contributed by atoms with Crippen molar-refractivity contribution < 1.29 is 26.9 Å². The van der Waals surface area contributed by atoms with Crippen LogP contribution >= 0.6 is 35.3 Å². The number of halogens is 3. The quantitative estimate of drug-likeness (QED) is 0.0713. The van der Waals surface area contributed by atoms with Crippen molar-refractivity contribution in [2.75, 3.05) is 17.6 Å². The molecule has 11 rings (SSSR count). The molecule has 0 saturated heterocycles. The van der Waals surface area contributed by atoms with Gasteiger partial charge in [0, 0.05) is 51.1 Å².